The molecule has 0 atom stereocenters. The van der Waals surface area contributed by atoms with E-state index < -0.39 is 9.73 Å². The van der Waals surface area contributed by atoms with E-state index in [-0.39, 0.29) is 0 Å². The summed E-state index contributed by atoms with van der Waals surface area (Å²) in [5.41, 5.74) is 1.94. The van der Waals surface area contributed by atoms with Gasteiger partial charge in [0.05, 0.1) is 15.4 Å². The van der Waals surface area contributed by atoms with Crippen molar-refractivity contribution in [1.82, 2.24) is 0 Å². The van der Waals surface area contributed by atoms with Crippen molar-refractivity contribution < 1.29 is 4.21 Å². The van der Waals surface area contributed by atoms with Crippen molar-refractivity contribution >= 4 is 31.3 Å². The van der Waals surface area contributed by atoms with E-state index >= 15 is 0 Å². The first kappa shape index (κ1) is 10.2. The molecule has 1 aromatic carbocycles. The predicted molar refractivity (Wildman–Crippen MR) is 63.5 cm³/mol. The lowest BCUT2D eigenvalue weighted by Crippen LogP contribution is -2.23. The Bertz CT molecular complexity index is 465. The Labute approximate surface area is 93.0 Å². The standard InChI is InChI=1S/C10H12BrNOS/c1-8-9(11)4-2-5-10(8)12-14(13)6-3-7-14/h2,4-5H,3,6-7H2,1H3. The van der Waals surface area contributed by atoms with E-state index in [1.54, 1.807) is 0 Å². The Hall–Kier alpha value is -0.350. The van der Waals surface area contributed by atoms with Crippen LogP contribution in [0.1, 0.15) is 12.0 Å². The molecular formula is C10H12BrNOS. The molecule has 1 fully saturated rings. The van der Waals surface area contributed by atoms with Crippen LogP contribution in [0.25, 0.3) is 0 Å². The Balaban J connectivity index is 2.48. The molecule has 0 unspecified atom stereocenters. The Morgan fingerprint density at radius 2 is 2.14 bits per heavy atom. The van der Waals surface area contributed by atoms with Gasteiger partial charge >= 0.3 is 0 Å². The van der Waals surface area contributed by atoms with Crippen molar-refractivity contribution in [2.45, 2.75) is 13.3 Å². The second-order valence-corrected chi connectivity index (χ2v) is 6.91. The van der Waals surface area contributed by atoms with Gasteiger partial charge in [-0.2, -0.15) is 4.36 Å². The fraction of sp³-hybridized carbons (Fsp3) is 0.400. The van der Waals surface area contributed by atoms with Crippen LogP contribution in [-0.4, -0.2) is 15.7 Å². The van der Waals surface area contributed by atoms with E-state index in [4.69, 9.17) is 0 Å². The fourth-order valence-electron chi connectivity index (χ4n) is 1.36. The van der Waals surface area contributed by atoms with E-state index in [9.17, 15) is 4.21 Å². The smallest absolute Gasteiger partial charge is 0.0770 e. The minimum Gasteiger partial charge on any atom is -0.249 e. The molecule has 1 aliphatic heterocycles. The SMILES string of the molecule is Cc1c(Br)cccc1N=S1(=O)CCC1. The summed E-state index contributed by atoms with van der Waals surface area (Å²) < 4.78 is 17.3. The van der Waals surface area contributed by atoms with Crippen molar-refractivity contribution in [1.29, 1.82) is 0 Å². The average Bonchev–Trinajstić information content (AvgIpc) is 2.10. The van der Waals surface area contributed by atoms with E-state index in [1.807, 2.05) is 25.1 Å². The summed E-state index contributed by atoms with van der Waals surface area (Å²) >= 11 is 3.44. The number of benzene rings is 1. The van der Waals surface area contributed by atoms with Gasteiger partial charge < -0.3 is 0 Å². The van der Waals surface area contributed by atoms with E-state index in [2.05, 4.69) is 20.3 Å². The molecule has 0 spiro atoms. The molecule has 2 nitrogen and oxygen atoms in total. The highest BCUT2D eigenvalue weighted by Crippen LogP contribution is 2.29. The summed E-state index contributed by atoms with van der Waals surface area (Å²) in [7, 11) is -1.88. The molecule has 1 heterocycles. The van der Waals surface area contributed by atoms with E-state index in [0.717, 1.165) is 33.7 Å². The fourth-order valence-corrected chi connectivity index (χ4v) is 3.23. The van der Waals surface area contributed by atoms with Crippen LogP contribution in [0, 0.1) is 6.92 Å². The third-order valence-electron chi connectivity index (χ3n) is 2.43. The zero-order chi connectivity index (χ0) is 10.2. The molecule has 0 saturated carbocycles. The molecule has 14 heavy (non-hydrogen) atoms. The normalized spacial score (nSPS) is 18.7. The summed E-state index contributed by atoms with van der Waals surface area (Å²) in [4.78, 5) is 0. The molecule has 0 amide bonds. The maximum atomic E-state index is 11.9. The van der Waals surface area contributed by atoms with Crippen LogP contribution in [0.3, 0.4) is 0 Å². The van der Waals surface area contributed by atoms with Crippen LogP contribution in [0.15, 0.2) is 27.0 Å². The molecule has 0 bridgehead atoms. The zero-order valence-electron chi connectivity index (χ0n) is 8.00. The van der Waals surface area contributed by atoms with Gasteiger partial charge in [-0.1, -0.05) is 22.0 Å². The largest absolute Gasteiger partial charge is 0.249 e. The molecule has 4 heteroatoms. The van der Waals surface area contributed by atoms with Crippen LogP contribution in [0.4, 0.5) is 5.69 Å². The van der Waals surface area contributed by atoms with Crippen LogP contribution >= 0.6 is 15.9 Å². The Kier molecular flexibility index (Phi) is 2.66. The van der Waals surface area contributed by atoms with Gasteiger partial charge in [0.2, 0.25) is 0 Å². The molecule has 0 N–H and O–H groups in total. The van der Waals surface area contributed by atoms with Gasteiger partial charge in [0.25, 0.3) is 0 Å². The number of nitrogens with zero attached hydrogens (tertiary/aromatic N) is 1. The van der Waals surface area contributed by atoms with E-state index in [1.165, 1.54) is 0 Å². The number of rotatable bonds is 1. The maximum Gasteiger partial charge on any atom is 0.0770 e. The summed E-state index contributed by atoms with van der Waals surface area (Å²) in [6.45, 7) is 1.99. The highest BCUT2D eigenvalue weighted by molar-refractivity contribution is 9.10. The first-order valence-electron chi connectivity index (χ1n) is 4.58. The van der Waals surface area contributed by atoms with Crippen molar-refractivity contribution in [3.05, 3.63) is 28.2 Å². The third kappa shape index (κ3) is 1.86. The first-order valence-corrected chi connectivity index (χ1v) is 7.23. The topological polar surface area (TPSA) is 29.4 Å². The molecular weight excluding hydrogens is 262 g/mol. The lowest BCUT2D eigenvalue weighted by Gasteiger charge is -2.18. The highest BCUT2D eigenvalue weighted by atomic mass is 79.9. The third-order valence-corrected chi connectivity index (χ3v) is 5.67. The molecule has 76 valence electrons. The number of hydrogen-bond donors (Lipinski definition) is 0. The van der Waals surface area contributed by atoms with Crippen molar-refractivity contribution in [3.63, 3.8) is 0 Å². The summed E-state index contributed by atoms with van der Waals surface area (Å²) in [6, 6.07) is 5.82. The quantitative estimate of drug-likeness (QED) is 0.772. The maximum absolute atomic E-state index is 11.9. The van der Waals surface area contributed by atoms with Gasteiger partial charge in [-0.05, 0) is 31.0 Å². The molecule has 1 aliphatic rings. The van der Waals surface area contributed by atoms with Crippen LogP contribution in [-0.2, 0) is 9.73 Å². The predicted octanol–water partition coefficient (Wildman–Crippen LogP) is 3.26. The zero-order valence-corrected chi connectivity index (χ0v) is 10.4. The minimum atomic E-state index is -1.88. The van der Waals surface area contributed by atoms with Gasteiger partial charge in [0, 0.05) is 16.0 Å². The van der Waals surface area contributed by atoms with Gasteiger partial charge in [-0.15, -0.1) is 0 Å². The lowest BCUT2D eigenvalue weighted by molar-refractivity contribution is 0.663. The lowest BCUT2D eigenvalue weighted by atomic mass is 10.2. The van der Waals surface area contributed by atoms with Gasteiger partial charge in [-0.3, -0.25) is 0 Å². The molecule has 1 aromatic rings. The van der Waals surface area contributed by atoms with Crippen LogP contribution < -0.4 is 0 Å². The van der Waals surface area contributed by atoms with Gasteiger partial charge in [-0.25, -0.2) is 4.21 Å². The molecule has 1 saturated heterocycles. The molecule has 2 rings (SSSR count). The summed E-state index contributed by atoms with van der Waals surface area (Å²) in [6.07, 6.45) is 1.05. The average molecular weight is 274 g/mol. The van der Waals surface area contributed by atoms with Gasteiger partial charge in [0.1, 0.15) is 0 Å². The van der Waals surface area contributed by atoms with Crippen molar-refractivity contribution in [3.8, 4) is 0 Å². The van der Waals surface area contributed by atoms with Crippen LogP contribution in [0.2, 0.25) is 0 Å². The van der Waals surface area contributed by atoms with Crippen molar-refractivity contribution in [2.24, 2.45) is 4.36 Å². The second-order valence-electron chi connectivity index (χ2n) is 3.51. The number of hydrogen-bond acceptors (Lipinski definition) is 2. The monoisotopic (exact) mass is 273 g/mol. The minimum absolute atomic E-state index is 0.763. The molecule has 0 radical (unpaired) electrons. The molecule has 0 aromatic heterocycles. The molecule has 0 aliphatic carbocycles. The number of halogens is 1. The van der Waals surface area contributed by atoms with Crippen LogP contribution in [0.5, 0.6) is 0 Å². The van der Waals surface area contributed by atoms with Gasteiger partial charge in [0.15, 0.2) is 0 Å². The van der Waals surface area contributed by atoms with E-state index in [0.29, 0.717) is 0 Å². The highest BCUT2D eigenvalue weighted by Gasteiger charge is 2.19. The Morgan fingerprint density at radius 3 is 2.71 bits per heavy atom. The first-order chi connectivity index (χ1) is 6.61. The summed E-state index contributed by atoms with van der Waals surface area (Å²) in [5.74, 6) is 1.53. The Morgan fingerprint density at radius 1 is 1.43 bits per heavy atom. The summed E-state index contributed by atoms with van der Waals surface area (Å²) in [5, 5.41) is 0. The second kappa shape index (κ2) is 3.66. The van der Waals surface area contributed by atoms with Crippen molar-refractivity contribution in [2.75, 3.05) is 11.5 Å².